The molecule has 36 heavy (non-hydrogen) atoms. The van der Waals surface area contributed by atoms with Crippen molar-refractivity contribution >= 4 is 34.5 Å². The Bertz CT molecular complexity index is 1270. The number of rotatable bonds is 10. The van der Waals surface area contributed by atoms with Gasteiger partial charge >= 0.3 is 0 Å². The summed E-state index contributed by atoms with van der Waals surface area (Å²) < 4.78 is 11.6. The molecule has 1 aliphatic rings. The SMILES string of the molecule is CCOc1cc2c(cc1OCC)C(=C(Nc1ccc(CCNC(C)=O)cc1)c1ccccc1)C(=O)N2. The number of ether oxygens (including phenoxy) is 2. The smallest absolute Gasteiger partial charge is 0.258 e. The van der Waals surface area contributed by atoms with Gasteiger partial charge in [-0.25, -0.2) is 0 Å². The van der Waals surface area contributed by atoms with Crippen molar-refractivity contribution < 1.29 is 19.1 Å². The van der Waals surface area contributed by atoms with Gasteiger partial charge in [0.25, 0.3) is 5.91 Å². The fourth-order valence-corrected chi connectivity index (χ4v) is 4.13. The third-order valence-electron chi connectivity index (χ3n) is 5.75. The zero-order chi connectivity index (χ0) is 25.5. The maximum atomic E-state index is 13.3. The molecule has 3 aromatic carbocycles. The van der Waals surface area contributed by atoms with Crippen LogP contribution in [0.3, 0.4) is 0 Å². The van der Waals surface area contributed by atoms with Gasteiger partial charge in [-0.05, 0) is 49.6 Å². The second-order valence-electron chi connectivity index (χ2n) is 8.34. The minimum Gasteiger partial charge on any atom is -0.490 e. The van der Waals surface area contributed by atoms with E-state index in [4.69, 9.17) is 9.47 Å². The summed E-state index contributed by atoms with van der Waals surface area (Å²) in [6.45, 7) is 6.90. The highest BCUT2D eigenvalue weighted by Gasteiger charge is 2.30. The predicted octanol–water partition coefficient (Wildman–Crippen LogP) is 5.10. The molecule has 0 unspecified atom stereocenters. The summed E-state index contributed by atoms with van der Waals surface area (Å²) >= 11 is 0. The van der Waals surface area contributed by atoms with Crippen molar-refractivity contribution in [1.29, 1.82) is 0 Å². The second kappa shape index (κ2) is 11.4. The lowest BCUT2D eigenvalue weighted by Gasteiger charge is -2.16. The summed E-state index contributed by atoms with van der Waals surface area (Å²) in [7, 11) is 0. The number of fused-ring (bicyclic) bond motifs is 1. The van der Waals surface area contributed by atoms with Crippen molar-refractivity contribution in [2.75, 3.05) is 30.4 Å². The van der Waals surface area contributed by atoms with Crippen molar-refractivity contribution in [2.45, 2.75) is 27.2 Å². The average molecular weight is 486 g/mol. The first kappa shape index (κ1) is 24.9. The minimum atomic E-state index is -0.195. The number of carbonyl (C=O) groups excluding carboxylic acids is 2. The Kier molecular flexibility index (Phi) is 7.90. The fraction of sp³-hybridized carbons (Fsp3) is 0.241. The van der Waals surface area contributed by atoms with E-state index in [1.165, 1.54) is 6.92 Å². The van der Waals surface area contributed by atoms with Crippen LogP contribution in [0.1, 0.15) is 37.5 Å². The Morgan fingerprint density at radius 2 is 1.58 bits per heavy atom. The van der Waals surface area contributed by atoms with E-state index >= 15 is 0 Å². The van der Waals surface area contributed by atoms with Crippen LogP contribution in [0.15, 0.2) is 66.7 Å². The molecule has 0 saturated carbocycles. The average Bonchev–Trinajstić information content (AvgIpc) is 3.18. The zero-order valence-corrected chi connectivity index (χ0v) is 20.8. The number of carbonyl (C=O) groups is 2. The molecule has 2 amide bonds. The largest absolute Gasteiger partial charge is 0.490 e. The summed E-state index contributed by atoms with van der Waals surface area (Å²) in [6.07, 6.45) is 0.741. The lowest BCUT2D eigenvalue weighted by atomic mass is 9.99. The van der Waals surface area contributed by atoms with Gasteiger partial charge in [-0.2, -0.15) is 0 Å². The van der Waals surface area contributed by atoms with Crippen molar-refractivity contribution in [3.63, 3.8) is 0 Å². The van der Waals surface area contributed by atoms with Crippen LogP contribution < -0.4 is 25.4 Å². The van der Waals surface area contributed by atoms with Crippen LogP contribution in [0.25, 0.3) is 11.3 Å². The topological polar surface area (TPSA) is 88.7 Å². The number of benzene rings is 3. The Hall–Kier alpha value is -4.26. The normalized spacial score (nSPS) is 13.5. The van der Waals surface area contributed by atoms with E-state index in [9.17, 15) is 9.59 Å². The van der Waals surface area contributed by atoms with Crippen molar-refractivity contribution in [1.82, 2.24) is 5.32 Å². The van der Waals surface area contributed by atoms with E-state index in [2.05, 4.69) is 16.0 Å². The quantitative estimate of drug-likeness (QED) is 0.348. The van der Waals surface area contributed by atoms with E-state index in [1.807, 2.05) is 80.6 Å². The highest BCUT2D eigenvalue weighted by atomic mass is 16.5. The molecule has 7 nitrogen and oxygen atoms in total. The van der Waals surface area contributed by atoms with Gasteiger partial charge in [0.05, 0.1) is 30.2 Å². The molecule has 0 bridgehead atoms. The molecule has 0 saturated heterocycles. The standard InChI is InChI=1S/C29H31N3O4/c1-4-35-25-17-23-24(18-26(25)36-5-2)32-29(34)27(23)28(21-9-7-6-8-10-21)31-22-13-11-20(12-14-22)15-16-30-19(3)33/h6-14,17-18,31H,4-5,15-16H2,1-3H3,(H,30,33)(H,32,34). The van der Waals surface area contributed by atoms with Crippen LogP contribution >= 0.6 is 0 Å². The Balaban J connectivity index is 1.73. The van der Waals surface area contributed by atoms with E-state index in [1.54, 1.807) is 0 Å². The molecule has 4 rings (SSSR count). The van der Waals surface area contributed by atoms with E-state index < -0.39 is 0 Å². The van der Waals surface area contributed by atoms with Crippen molar-refractivity contribution in [2.24, 2.45) is 0 Å². The highest BCUT2D eigenvalue weighted by molar-refractivity contribution is 6.37. The third-order valence-corrected chi connectivity index (χ3v) is 5.75. The van der Waals surface area contributed by atoms with Gasteiger partial charge in [-0.15, -0.1) is 0 Å². The first-order chi connectivity index (χ1) is 17.5. The summed E-state index contributed by atoms with van der Waals surface area (Å²) in [5.74, 6) is 0.967. The second-order valence-corrected chi connectivity index (χ2v) is 8.34. The van der Waals surface area contributed by atoms with Gasteiger partial charge in [-0.3, -0.25) is 9.59 Å². The first-order valence-electron chi connectivity index (χ1n) is 12.2. The van der Waals surface area contributed by atoms with Gasteiger partial charge < -0.3 is 25.4 Å². The Morgan fingerprint density at radius 1 is 0.917 bits per heavy atom. The number of nitrogens with one attached hydrogen (secondary N) is 3. The molecule has 1 heterocycles. The number of anilines is 2. The molecular weight excluding hydrogens is 454 g/mol. The minimum absolute atomic E-state index is 0.0385. The predicted molar refractivity (Wildman–Crippen MR) is 143 cm³/mol. The van der Waals surface area contributed by atoms with Crippen LogP contribution in [-0.4, -0.2) is 31.6 Å². The summed E-state index contributed by atoms with van der Waals surface area (Å²) in [5, 5.41) is 9.28. The molecule has 1 aliphatic heterocycles. The summed E-state index contributed by atoms with van der Waals surface area (Å²) in [5.41, 5.74) is 5.52. The van der Waals surface area contributed by atoms with Gasteiger partial charge in [0, 0.05) is 30.8 Å². The molecule has 7 heteroatoms. The van der Waals surface area contributed by atoms with E-state index in [0.717, 1.165) is 28.8 Å². The maximum absolute atomic E-state index is 13.3. The monoisotopic (exact) mass is 485 g/mol. The van der Waals surface area contributed by atoms with Gasteiger partial charge in [0.15, 0.2) is 11.5 Å². The molecule has 3 aromatic rings. The third kappa shape index (κ3) is 5.68. The van der Waals surface area contributed by atoms with Crippen LogP contribution in [0, 0.1) is 0 Å². The zero-order valence-electron chi connectivity index (χ0n) is 20.8. The number of amides is 2. The molecule has 0 atom stereocenters. The van der Waals surface area contributed by atoms with Crippen LogP contribution in [0.4, 0.5) is 11.4 Å². The van der Waals surface area contributed by atoms with E-state index in [-0.39, 0.29) is 11.8 Å². The molecular formula is C29H31N3O4. The molecule has 0 fully saturated rings. The molecule has 3 N–H and O–H groups in total. The number of hydrogen-bond donors (Lipinski definition) is 3. The number of hydrogen-bond acceptors (Lipinski definition) is 5. The van der Waals surface area contributed by atoms with Crippen LogP contribution in [0.5, 0.6) is 11.5 Å². The van der Waals surface area contributed by atoms with Crippen molar-refractivity contribution in [3.8, 4) is 11.5 Å². The lowest BCUT2D eigenvalue weighted by molar-refractivity contribution is -0.119. The molecule has 186 valence electrons. The van der Waals surface area contributed by atoms with Gasteiger partial charge in [-0.1, -0.05) is 42.5 Å². The van der Waals surface area contributed by atoms with Gasteiger partial charge in [0.2, 0.25) is 5.91 Å². The first-order valence-corrected chi connectivity index (χ1v) is 12.2. The molecule has 0 aromatic heterocycles. The maximum Gasteiger partial charge on any atom is 0.258 e. The summed E-state index contributed by atoms with van der Waals surface area (Å²) in [6, 6.07) is 21.5. The molecule has 0 radical (unpaired) electrons. The summed E-state index contributed by atoms with van der Waals surface area (Å²) in [4.78, 5) is 24.4. The van der Waals surface area contributed by atoms with Crippen LogP contribution in [-0.2, 0) is 16.0 Å². The van der Waals surface area contributed by atoms with Gasteiger partial charge in [0.1, 0.15) is 0 Å². The lowest BCUT2D eigenvalue weighted by Crippen LogP contribution is -2.22. The highest BCUT2D eigenvalue weighted by Crippen LogP contribution is 2.43. The molecule has 0 aliphatic carbocycles. The molecule has 0 spiro atoms. The van der Waals surface area contributed by atoms with Crippen molar-refractivity contribution in [3.05, 3.63) is 83.4 Å². The Labute approximate surface area is 211 Å². The Morgan fingerprint density at radius 3 is 2.22 bits per heavy atom. The fourth-order valence-electron chi connectivity index (χ4n) is 4.13. The van der Waals surface area contributed by atoms with Crippen LogP contribution in [0.2, 0.25) is 0 Å². The van der Waals surface area contributed by atoms with E-state index in [0.29, 0.717) is 48.2 Å².